The van der Waals surface area contributed by atoms with Crippen molar-refractivity contribution in [2.24, 2.45) is 0 Å². The number of nitrogens with one attached hydrogen (secondary N) is 1. The molecule has 0 aliphatic carbocycles. The number of thiophene rings is 1. The zero-order chi connectivity index (χ0) is 18.7. The highest BCUT2D eigenvalue weighted by atomic mass is 32.1. The minimum atomic E-state index is 0.0370. The summed E-state index contributed by atoms with van der Waals surface area (Å²) in [5, 5.41) is 5.42. The molecule has 0 fully saturated rings. The van der Waals surface area contributed by atoms with Crippen LogP contribution < -0.4 is 5.32 Å². The number of carbonyl (C=O) groups excluding carboxylic acids is 1. The third-order valence-corrected chi connectivity index (χ3v) is 6.08. The van der Waals surface area contributed by atoms with E-state index in [2.05, 4.69) is 73.6 Å². The summed E-state index contributed by atoms with van der Waals surface area (Å²) in [5.74, 6) is 0.195. The van der Waals surface area contributed by atoms with Crippen LogP contribution in [-0.4, -0.2) is 30.4 Å². The van der Waals surface area contributed by atoms with E-state index in [-0.39, 0.29) is 17.4 Å². The first-order chi connectivity index (χ1) is 12.4. The molecule has 1 aliphatic heterocycles. The molecule has 1 atom stereocenters. The van der Waals surface area contributed by atoms with Gasteiger partial charge in [0, 0.05) is 11.4 Å². The molecule has 1 aliphatic rings. The van der Waals surface area contributed by atoms with Crippen molar-refractivity contribution in [1.82, 2.24) is 10.2 Å². The number of amides is 1. The fraction of sp³-hybridized carbons (Fsp3) is 0.500. The number of hydrogen-bond donors (Lipinski definition) is 1. The van der Waals surface area contributed by atoms with Crippen molar-refractivity contribution in [1.29, 1.82) is 0 Å². The summed E-state index contributed by atoms with van der Waals surface area (Å²) in [6, 6.07) is 11.1. The summed E-state index contributed by atoms with van der Waals surface area (Å²) >= 11 is 1.81. The molecular formula is C22H30N2OS. The van der Waals surface area contributed by atoms with Gasteiger partial charge >= 0.3 is 0 Å². The molecule has 0 radical (unpaired) electrons. The van der Waals surface area contributed by atoms with Gasteiger partial charge in [0.2, 0.25) is 5.91 Å². The van der Waals surface area contributed by atoms with E-state index in [1.165, 1.54) is 21.6 Å². The highest BCUT2D eigenvalue weighted by Crippen LogP contribution is 2.38. The lowest BCUT2D eigenvalue weighted by Gasteiger charge is -2.36. The maximum Gasteiger partial charge on any atom is 0.237 e. The van der Waals surface area contributed by atoms with Gasteiger partial charge in [0.1, 0.15) is 0 Å². The van der Waals surface area contributed by atoms with Crippen molar-refractivity contribution in [2.45, 2.75) is 52.0 Å². The Bertz CT molecular complexity index is 742. The molecule has 2 aromatic rings. The van der Waals surface area contributed by atoms with Crippen LogP contribution >= 0.6 is 11.3 Å². The zero-order valence-corrected chi connectivity index (χ0v) is 17.2. The molecule has 0 saturated carbocycles. The Balaban J connectivity index is 1.90. The average molecular weight is 371 g/mol. The molecule has 1 aromatic heterocycles. The van der Waals surface area contributed by atoms with Crippen molar-refractivity contribution in [3.8, 4) is 0 Å². The van der Waals surface area contributed by atoms with E-state index in [1.54, 1.807) is 0 Å². The van der Waals surface area contributed by atoms with E-state index in [9.17, 15) is 4.79 Å². The fourth-order valence-corrected chi connectivity index (χ4v) is 4.49. The second kappa shape index (κ2) is 7.93. The van der Waals surface area contributed by atoms with Gasteiger partial charge in [-0.25, -0.2) is 0 Å². The van der Waals surface area contributed by atoms with Gasteiger partial charge in [0.05, 0.1) is 12.6 Å². The molecule has 0 saturated heterocycles. The summed E-state index contributed by atoms with van der Waals surface area (Å²) in [6.07, 6.45) is 2.00. The Morgan fingerprint density at radius 3 is 2.62 bits per heavy atom. The van der Waals surface area contributed by atoms with Crippen LogP contribution in [0.15, 0.2) is 35.7 Å². The van der Waals surface area contributed by atoms with Gasteiger partial charge in [-0.3, -0.25) is 4.79 Å². The minimum absolute atomic E-state index is 0.0370. The van der Waals surface area contributed by atoms with Crippen molar-refractivity contribution >= 4 is 17.2 Å². The van der Waals surface area contributed by atoms with Crippen molar-refractivity contribution < 1.29 is 4.79 Å². The summed E-state index contributed by atoms with van der Waals surface area (Å²) in [6.45, 7) is 10.9. The van der Waals surface area contributed by atoms with Crippen LogP contribution in [0.3, 0.4) is 0 Å². The molecule has 1 N–H and O–H groups in total. The number of nitrogens with zero attached hydrogens (tertiary/aromatic N) is 1. The topological polar surface area (TPSA) is 32.3 Å². The van der Waals surface area contributed by atoms with Gasteiger partial charge < -0.3 is 10.2 Å². The first-order valence-corrected chi connectivity index (χ1v) is 10.5. The lowest BCUT2D eigenvalue weighted by atomic mass is 9.85. The van der Waals surface area contributed by atoms with E-state index >= 15 is 0 Å². The molecular weight excluding hydrogens is 340 g/mol. The van der Waals surface area contributed by atoms with Crippen molar-refractivity contribution in [2.75, 3.05) is 19.6 Å². The number of rotatable bonds is 5. The Morgan fingerprint density at radius 1 is 1.23 bits per heavy atom. The minimum Gasteiger partial charge on any atom is -0.330 e. The zero-order valence-electron chi connectivity index (χ0n) is 16.3. The second-order valence-electron chi connectivity index (χ2n) is 8.09. The van der Waals surface area contributed by atoms with Gasteiger partial charge in [-0.1, -0.05) is 52.0 Å². The molecule has 2 heterocycles. The van der Waals surface area contributed by atoms with Crippen LogP contribution in [0.1, 0.15) is 61.7 Å². The van der Waals surface area contributed by atoms with E-state index in [1.807, 2.05) is 11.3 Å². The predicted octanol–water partition coefficient (Wildman–Crippen LogP) is 4.52. The third-order valence-electron chi connectivity index (χ3n) is 5.08. The number of benzene rings is 1. The molecule has 0 bridgehead atoms. The fourth-order valence-electron chi connectivity index (χ4n) is 3.58. The molecule has 0 spiro atoms. The highest BCUT2D eigenvalue weighted by Gasteiger charge is 2.32. The van der Waals surface area contributed by atoms with Crippen LogP contribution in [0, 0.1) is 0 Å². The van der Waals surface area contributed by atoms with E-state index in [4.69, 9.17) is 0 Å². The molecule has 1 amide bonds. The third kappa shape index (κ3) is 4.02. The monoisotopic (exact) mass is 370 g/mol. The number of carbonyl (C=O) groups is 1. The quantitative estimate of drug-likeness (QED) is 0.785. The maximum atomic E-state index is 12.9. The summed E-state index contributed by atoms with van der Waals surface area (Å²) in [5.41, 5.74) is 3.97. The van der Waals surface area contributed by atoms with Gasteiger partial charge in [-0.15, -0.1) is 11.3 Å². The van der Waals surface area contributed by atoms with Gasteiger partial charge in [-0.2, -0.15) is 0 Å². The second-order valence-corrected chi connectivity index (χ2v) is 9.09. The summed E-state index contributed by atoms with van der Waals surface area (Å²) in [4.78, 5) is 16.4. The van der Waals surface area contributed by atoms with E-state index < -0.39 is 0 Å². The smallest absolute Gasteiger partial charge is 0.237 e. The van der Waals surface area contributed by atoms with Crippen LogP contribution in [0.2, 0.25) is 0 Å². The average Bonchev–Trinajstić information content (AvgIpc) is 3.09. The first kappa shape index (κ1) is 19.1. The van der Waals surface area contributed by atoms with E-state index in [0.717, 1.165) is 25.9 Å². The number of fused-ring (bicyclic) bond motifs is 1. The highest BCUT2D eigenvalue weighted by molar-refractivity contribution is 7.10. The first-order valence-electron chi connectivity index (χ1n) is 9.58. The van der Waals surface area contributed by atoms with Crippen LogP contribution in [0.5, 0.6) is 0 Å². The molecule has 3 rings (SSSR count). The molecule has 140 valence electrons. The molecule has 26 heavy (non-hydrogen) atoms. The van der Waals surface area contributed by atoms with Crippen LogP contribution in [0.25, 0.3) is 0 Å². The molecule has 4 heteroatoms. The van der Waals surface area contributed by atoms with Gasteiger partial charge in [0.15, 0.2) is 0 Å². The Morgan fingerprint density at radius 2 is 1.96 bits per heavy atom. The van der Waals surface area contributed by atoms with Crippen molar-refractivity contribution in [3.05, 3.63) is 57.3 Å². The maximum absolute atomic E-state index is 12.9. The molecule has 1 aromatic carbocycles. The molecule has 0 unspecified atom stereocenters. The normalized spacial score (nSPS) is 17.2. The lowest BCUT2D eigenvalue weighted by Crippen LogP contribution is -2.44. The number of hydrogen-bond acceptors (Lipinski definition) is 3. The lowest BCUT2D eigenvalue weighted by molar-refractivity contribution is -0.132. The Labute approximate surface area is 161 Å². The molecule has 3 nitrogen and oxygen atoms in total. The Hall–Kier alpha value is -1.65. The van der Waals surface area contributed by atoms with Gasteiger partial charge in [0.25, 0.3) is 0 Å². The largest absolute Gasteiger partial charge is 0.330 e. The standard InChI is InChI=1S/C22H30N2OS/c1-5-12-23-15-20(25)24-13-10-19-18(11-14-26-19)21(24)16-6-8-17(9-7-16)22(2,3)4/h6-9,11,14,21,23H,5,10,12-13,15H2,1-4H3/t21-/m0/s1. The van der Waals surface area contributed by atoms with Gasteiger partial charge in [-0.05, 0) is 52.9 Å². The summed E-state index contributed by atoms with van der Waals surface area (Å²) < 4.78 is 0. The predicted molar refractivity (Wildman–Crippen MR) is 110 cm³/mol. The van der Waals surface area contributed by atoms with E-state index in [0.29, 0.717) is 6.54 Å². The Kier molecular flexibility index (Phi) is 5.83. The van der Waals surface area contributed by atoms with Crippen LogP contribution in [0.4, 0.5) is 0 Å². The summed E-state index contributed by atoms with van der Waals surface area (Å²) in [7, 11) is 0. The van der Waals surface area contributed by atoms with Crippen LogP contribution in [-0.2, 0) is 16.6 Å². The van der Waals surface area contributed by atoms with Crippen molar-refractivity contribution in [3.63, 3.8) is 0 Å². The SMILES string of the molecule is CCCNCC(=O)N1CCc2sccc2[C@@H]1c1ccc(C(C)(C)C)cc1.